The van der Waals surface area contributed by atoms with Crippen molar-refractivity contribution in [3.63, 3.8) is 0 Å². The molecule has 1 unspecified atom stereocenters. The Labute approximate surface area is 214 Å². The molecule has 0 aromatic heterocycles. The number of amides is 1. The van der Waals surface area contributed by atoms with E-state index in [0.717, 1.165) is 35.5 Å². The van der Waals surface area contributed by atoms with Gasteiger partial charge in [0.05, 0.1) is 13.2 Å². The van der Waals surface area contributed by atoms with Crippen LogP contribution in [-0.2, 0) is 16.0 Å². The van der Waals surface area contributed by atoms with Crippen LogP contribution in [0.4, 0.5) is 0 Å². The molecule has 0 aliphatic carbocycles. The molecule has 3 aromatic rings. The van der Waals surface area contributed by atoms with Crippen LogP contribution >= 0.6 is 0 Å². The van der Waals surface area contributed by atoms with Gasteiger partial charge in [-0.25, -0.2) is 0 Å². The highest BCUT2D eigenvalue weighted by Gasteiger charge is 2.25. The van der Waals surface area contributed by atoms with Gasteiger partial charge in [0, 0.05) is 5.56 Å². The summed E-state index contributed by atoms with van der Waals surface area (Å²) in [6.07, 6.45) is 0.583. The molecule has 36 heavy (non-hydrogen) atoms. The van der Waals surface area contributed by atoms with Crippen molar-refractivity contribution in [1.29, 1.82) is 0 Å². The van der Waals surface area contributed by atoms with E-state index in [4.69, 9.17) is 9.47 Å². The largest absolute Gasteiger partial charge is 0.492 e. The number of hydrogen-bond donors (Lipinski definition) is 1. The van der Waals surface area contributed by atoms with Crippen molar-refractivity contribution in [2.24, 2.45) is 0 Å². The quantitative estimate of drug-likeness (QED) is 0.272. The van der Waals surface area contributed by atoms with Gasteiger partial charge in [-0.15, -0.1) is 0 Å². The minimum Gasteiger partial charge on any atom is -0.492 e. The molecule has 0 bridgehead atoms. The molecule has 0 heterocycles. The fraction of sp³-hybridized carbons (Fsp3) is 0.333. The summed E-state index contributed by atoms with van der Waals surface area (Å²) in [5.41, 5.74) is 3.85. The van der Waals surface area contributed by atoms with Gasteiger partial charge in [0.15, 0.2) is 0 Å². The lowest BCUT2D eigenvalue weighted by Gasteiger charge is -2.27. The fourth-order valence-electron chi connectivity index (χ4n) is 4.09. The molecule has 0 radical (unpaired) electrons. The maximum Gasteiger partial charge on any atom is 0.323 e. The van der Waals surface area contributed by atoms with E-state index in [1.54, 1.807) is 0 Å². The van der Waals surface area contributed by atoms with Crippen LogP contribution in [-0.4, -0.2) is 55.7 Å². The summed E-state index contributed by atoms with van der Waals surface area (Å²) < 4.78 is 11.1. The minimum atomic E-state index is -0.302. The maximum absolute atomic E-state index is 12.5. The summed E-state index contributed by atoms with van der Waals surface area (Å²) >= 11 is 0. The van der Waals surface area contributed by atoms with Crippen LogP contribution in [0.3, 0.4) is 0 Å². The Morgan fingerprint density at radius 3 is 2.08 bits per heavy atom. The molecule has 0 saturated carbocycles. The summed E-state index contributed by atoms with van der Waals surface area (Å²) in [4.78, 5) is 27.0. The van der Waals surface area contributed by atoms with Gasteiger partial charge in [0.1, 0.15) is 18.4 Å². The molecule has 0 saturated heterocycles. The summed E-state index contributed by atoms with van der Waals surface area (Å²) in [5, 5.41) is 2.89. The van der Waals surface area contributed by atoms with E-state index in [-0.39, 0.29) is 17.9 Å². The number of ether oxygens (including phenoxy) is 2. The van der Waals surface area contributed by atoms with Crippen LogP contribution in [0.2, 0.25) is 0 Å². The Morgan fingerprint density at radius 2 is 1.47 bits per heavy atom. The zero-order valence-corrected chi connectivity index (χ0v) is 21.4. The van der Waals surface area contributed by atoms with E-state index in [1.165, 1.54) is 0 Å². The van der Waals surface area contributed by atoms with Crippen molar-refractivity contribution in [3.8, 4) is 16.9 Å². The first-order chi connectivity index (χ1) is 17.5. The number of nitrogens with one attached hydrogen (secondary N) is 1. The molecule has 0 aliphatic heterocycles. The van der Waals surface area contributed by atoms with Crippen LogP contribution < -0.4 is 10.1 Å². The smallest absolute Gasteiger partial charge is 0.323 e. The average molecular weight is 489 g/mol. The number of carbonyl (C=O) groups excluding carboxylic acids is 2. The van der Waals surface area contributed by atoms with E-state index in [0.29, 0.717) is 31.7 Å². The fourth-order valence-corrected chi connectivity index (χ4v) is 4.09. The Balaban J connectivity index is 1.46. The second kappa shape index (κ2) is 14.0. The Morgan fingerprint density at radius 1 is 0.833 bits per heavy atom. The van der Waals surface area contributed by atoms with Gasteiger partial charge in [-0.1, -0.05) is 68.4 Å². The average Bonchev–Trinajstić information content (AvgIpc) is 2.92. The van der Waals surface area contributed by atoms with Crippen molar-refractivity contribution in [3.05, 3.63) is 90.0 Å². The lowest BCUT2D eigenvalue weighted by atomic mass is 10.0. The van der Waals surface area contributed by atoms with Crippen LogP contribution in [0, 0.1) is 0 Å². The third-order valence-electron chi connectivity index (χ3n) is 6.07. The number of nitrogens with zero attached hydrogens (tertiary/aromatic N) is 1. The number of carbonyl (C=O) groups is 2. The van der Waals surface area contributed by atoms with Crippen molar-refractivity contribution < 1.29 is 19.1 Å². The molecule has 1 atom stereocenters. The molecule has 3 aromatic carbocycles. The lowest BCUT2D eigenvalue weighted by Crippen LogP contribution is -2.43. The molecule has 1 amide bonds. The SMILES string of the molecule is CCOC(=O)C(Cc1ccc(OCCNC(=O)c2ccc(-c3ccccc3)cc2)cc1)N(CC)CC. The zero-order chi connectivity index (χ0) is 25.8. The van der Waals surface area contributed by atoms with E-state index in [2.05, 4.69) is 10.2 Å². The highest BCUT2D eigenvalue weighted by Crippen LogP contribution is 2.19. The van der Waals surface area contributed by atoms with E-state index in [1.807, 2.05) is 99.6 Å². The van der Waals surface area contributed by atoms with Gasteiger partial charge < -0.3 is 14.8 Å². The standard InChI is InChI=1S/C30H36N2O4/c1-4-32(5-2)28(30(34)35-6-3)22-23-12-18-27(19-13-23)36-21-20-31-29(33)26-16-14-25(15-17-26)24-10-8-7-9-11-24/h7-19,28H,4-6,20-22H2,1-3H3,(H,31,33). The minimum absolute atomic E-state index is 0.130. The molecule has 190 valence electrons. The normalized spacial score (nSPS) is 11.7. The van der Waals surface area contributed by atoms with Gasteiger partial charge in [-0.05, 0) is 67.4 Å². The first-order valence-electron chi connectivity index (χ1n) is 12.6. The van der Waals surface area contributed by atoms with Gasteiger partial charge in [0.2, 0.25) is 0 Å². The van der Waals surface area contributed by atoms with Crippen LogP contribution in [0.5, 0.6) is 5.75 Å². The van der Waals surface area contributed by atoms with Crippen molar-refractivity contribution >= 4 is 11.9 Å². The summed E-state index contributed by atoms with van der Waals surface area (Å²) in [6.45, 7) is 8.61. The maximum atomic E-state index is 12.5. The van der Waals surface area contributed by atoms with E-state index < -0.39 is 0 Å². The lowest BCUT2D eigenvalue weighted by molar-refractivity contribution is -0.149. The predicted octanol–water partition coefficient (Wildman–Crippen LogP) is 4.98. The number of benzene rings is 3. The van der Waals surface area contributed by atoms with Gasteiger partial charge >= 0.3 is 5.97 Å². The number of rotatable bonds is 13. The molecule has 6 heteroatoms. The molecule has 0 aliphatic rings. The number of esters is 1. The Hall–Kier alpha value is -3.64. The van der Waals surface area contributed by atoms with E-state index >= 15 is 0 Å². The first kappa shape index (κ1) is 27.0. The molecule has 1 N–H and O–H groups in total. The van der Waals surface area contributed by atoms with Crippen LogP contribution in [0.1, 0.15) is 36.7 Å². The Kier molecular flexibility index (Phi) is 10.5. The highest BCUT2D eigenvalue weighted by molar-refractivity contribution is 5.94. The number of likely N-dealkylation sites (N-methyl/N-ethyl adjacent to an activating group) is 1. The van der Waals surface area contributed by atoms with Gasteiger partial charge in [-0.2, -0.15) is 0 Å². The molecule has 0 spiro atoms. The Bertz CT molecular complexity index is 1080. The highest BCUT2D eigenvalue weighted by atomic mass is 16.5. The topological polar surface area (TPSA) is 67.9 Å². The number of hydrogen-bond acceptors (Lipinski definition) is 5. The third kappa shape index (κ3) is 7.68. The second-order valence-electron chi connectivity index (χ2n) is 8.38. The monoisotopic (exact) mass is 488 g/mol. The summed E-state index contributed by atoms with van der Waals surface area (Å²) in [7, 11) is 0. The molecule has 3 rings (SSSR count). The van der Waals surface area contributed by atoms with Crippen molar-refractivity contribution in [2.45, 2.75) is 33.2 Å². The summed E-state index contributed by atoms with van der Waals surface area (Å²) in [5.74, 6) is 0.401. The third-order valence-corrected chi connectivity index (χ3v) is 6.07. The van der Waals surface area contributed by atoms with Gasteiger partial charge in [-0.3, -0.25) is 14.5 Å². The van der Waals surface area contributed by atoms with E-state index in [9.17, 15) is 9.59 Å². The van der Waals surface area contributed by atoms with Crippen molar-refractivity contribution in [2.75, 3.05) is 32.8 Å². The molecule has 6 nitrogen and oxygen atoms in total. The molecular formula is C30H36N2O4. The first-order valence-corrected chi connectivity index (χ1v) is 12.6. The second-order valence-corrected chi connectivity index (χ2v) is 8.38. The van der Waals surface area contributed by atoms with Crippen LogP contribution in [0.25, 0.3) is 11.1 Å². The zero-order valence-electron chi connectivity index (χ0n) is 21.4. The molecule has 0 fully saturated rings. The van der Waals surface area contributed by atoms with Gasteiger partial charge in [0.25, 0.3) is 5.91 Å². The van der Waals surface area contributed by atoms with Crippen LogP contribution in [0.15, 0.2) is 78.9 Å². The van der Waals surface area contributed by atoms with Crippen molar-refractivity contribution in [1.82, 2.24) is 10.2 Å². The predicted molar refractivity (Wildman–Crippen MR) is 143 cm³/mol. The molecular weight excluding hydrogens is 452 g/mol. The summed E-state index contributed by atoms with van der Waals surface area (Å²) in [6, 6.07) is 25.1.